The van der Waals surface area contributed by atoms with E-state index >= 15 is 0 Å². The molecular weight excluding hydrogens is 309 g/mol. The Morgan fingerprint density at radius 3 is 2.71 bits per heavy atom. The summed E-state index contributed by atoms with van der Waals surface area (Å²) in [6.45, 7) is 0. The van der Waals surface area contributed by atoms with E-state index in [0.29, 0.717) is 16.9 Å². The van der Waals surface area contributed by atoms with Crippen LogP contribution in [0, 0.1) is 5.82 Å². The maximum atomic E-state index is 13.2. The summed E-state index contributed by atoms with van der Waals surface area (Å²) in [6.07, 6.45) is 1.14. The Kier molecular flexibility index (Phi) is 5.42. The van der Waals surface area contributed by atoms with Crippen LogP contribution in [0.4, 0.5) is 4.39 Å². The molecule has 1 aromatic carbocycles. The normalized spacial score (nSPS) is 14.6. The monoisotopic (exact) mass is 321 g/mol. The van der Waals surface area contributed by atoms with E-state index in [1.54, 1.807) is 20.2 Å². The summed E-state index contributed by atoms with van der Waals surface area (Å²) in [5, 5.41) is 0. The molecule has 0 bridgehead atoms. The minimum Gasteiger partial charge on any atom is -0.302 e. The number of hydrogen-bond acceptors (Lipinski definition) is 2. The standard InChI is InChI=1S/C11H13BrFNO2S/c1-14(2)17(16)11-6-10(13)4-3-8(11)5-9(12)7-15/h3-4,6-7,9H,5H2,1-2H3. The lowest BCUT2D eigenvalue weighted by atomic mass is 10.1. The lowest BCUT2D eigenvalue weighted by Crippen LogP contribution is -2.18. The van der Waals surface area contributed by atoms with Gasteiger partial charge in [-0.3, -0.25) is 0 Å². The minimum absolute atomic E-state index is 0.356. The predicted octanol–water partition coefficient (Wildman–Crippen LogP) is 1.91. The van der Waals surface area contributed by atoms with Gasteiger partial charge in [-0.1, -0.05) is 22.0 Å². The lowest BCUT2D eigenvalue weighted by molar-refractivity contribution is -0.107. The van der Waals surface area contributed by atoms with Crippen LogP contribution in [0.3, 0.4) is 0 Å². The molecule has 0 saturated heterocycles. The molecule has 3 nitrogen and oxygen atoms in total. The third-order valence-corrected chi connectivity index (χ3v) is 4.07. The van der Waals surface area contributed by atoms with E-state index in [0.717, 1.165) is 6.29 Å². The molecule has 0 N–H and O–H groups in total. The second-order valence-electron chi connectivity index (χ2n) is 3.67. The molecule has 0 heterocycles. The van der Waals surface area contributed by atoms with Crippen LogP contribution in [0.2, 0.25) is 0 Å². The number of aldehydes is 1. The molecule has 0 saturated carbocycles. The van der Waals surface area contributed by atoms with Crippen LogP contribution in [0.15, 0.2) is 23.1 Å². The van der Waals surface area contributed by atoms with Crippen molar-refractivity contribution in [3.05, 3.63) is 29.6 Å². The highest BCUT2D eigenvalue weighted by Gasteiger charge is 2.15. The number of rotatable bonds is 5. The lowest BCUT2D eigenvalue weighted by Gasteiger charge is -2.14. The van der Waals surface area contributed by atoms with E-state index in [4.69, 9.17) is 0 Å². The second-order valence-corrected chi connectivity index (χ2v) is 6.51. The summed E-state index contributed by atoms with van der Waals surface area (Å²) in [7, 11) is 1.88. The second kappa shape index (κ2) is 6.37. The number of hydrogen-bond donors (Lipinski definition) is 0. The molecule has 0 amide bonds. The SMILES string of the molecule is CN(C)S(=O)c1cc(F)ccc1CC(Br)C=O. The van der Waals surface area contributed by atoms with Gasteiger partial charge in [-0.05, 0) is 38.2 Å². The van der Waals surface area contributed by atoms with Gasteiger partial charge in [0.1, 0.15) is 23.1 Å². The molecule has 2 unspecified atom stereocenters. The van der Waals surface area contributed by atoms with Crippen molar-refractivity contribution in [2.75, 3.05) is 14.1 Å². The van der Waals surface area contributed by atoms with E-state index in [-0.39, 0.29) is 4.83 Å². The number of carbonyl (C=O) groups is 1. The first-order valence-corrected chi connectivity index (χ1v) is 6.95. The molecule has 6 heteroatoms. The summed E-state index contributed by atoms with van der Waals surface area (Å²) in [4.78, 5) is 10.6. The zero-order chi connectivity index (χ0) is 13.0. The van der Waals surface area contributed by atoms with Gasteiger partial charge < -0.3 is 4.79 Å². The van der Waals surface area contributed by atoms with Crippen molar-refractivity contribution in [3.63, 3.8) is 0 Å². The van der Waals surface area contributed by atoms with E-state index in [1.165, 1.54) is 16.4 Å². The van der Waals surface area contributed by atoms with Crippen molar-refractivity contribution in [3.8, 4) is 0 Å². The van der Waals surface area contributed by atoms with Crippen molar-refractivity contribution in [1.29, 1.82) is 0 Å². The van der Waals surface area contributed by atoms with Crippen LogP contribution in [0.1, 0.15) is 5.56 Å². The van der Waals surface area contributed by atoms with Gasteiger partial charge in [-0.15, -0.1) is 0 Å². The Labute approximate surface area is 111 Å². The largest absolute Gasteiger partial charge is 0.302 e. The molecule has 94 valence electrons. The highest BCUT2D eigenvalue weighted by molar-refractivity contribution is 9.09. The van der Waals surface area contributed by atoms with Crippen LogP contribution in [0.5, 0.6) is 0 Å². The highest BCUT2D eigenvalue weighted by atomic mass is 79.9. The summed E-state index contributed by atoms with van der Waals surface area (Å²) in [5.41, 5.74) is 0.701. The average Bonchev–Trinajstić information content (AvgIpc) is 2.30. The molecule has 0 aromatic heterocycles. The first-order valence-electron chi connectivity index (χ1n) is 4.92. The van der Waals surface area contributed by atoms with Crippen molar-refractivity contribution >= 4 is 33.2 Å². The topological polar surface area (TPSA) is 37.4 Å². The number of benzene rings is 1. The van der Waals surface area contributed by atoms with Crippen molar-refractivity contribution in [2.24, 2.45) is 0 Å². The molecule has 2 atom stereocenters. The van der Waals surface area contributed by atoms with Gasteiger partial charge in [0.25, 0.3) is 0 Å². The van der Waals surface area contributed by atoms with Crippen LogP contribution >= 0.6 is 15.9 Å². The predicted molar refractivity (Wildman–Crippen MR) is 69.0 cm³/mol. The summed E-state index contributed by atoms with van der Waals surface area (Å²) >= 11 is 3.18. The molecule has 0 radical (unpaired) electrons. The number of nitrogens with zero attached hydrogens (tertiary/aromatic N) is 1. The van der Waals surface area contributed by atoms with Gasteiger partial charge in [0.15, 0.2) is 0 Å². The van der Waals surface area contributed by atoms with Gasteiger partial charge >= 0.3 is 0 Å². The number of carbonyl (C=O) groups excluding carboxylic acids is 1. The Morgan fingerprint density at radius 2 is 2.18 bits per heavy atom. The summed E-state index contributed by atoms with van der Waals surface area (Å²) in [5.74, 6) is -0.434. The third-order valence-electron chi connectivity index (χ3n) is 2.11. The van der Waals surface area contributed by atoms with Crippen LogP contribution in [-0.2, 0) is 22.2 Å². The van der Waals surface area contributed by atoms with Crippen LogP contribution in [0.25, 0.3) is 0 Å². The first kappa shape index (κ1) is 14.5. The fourth-order valence-electron chi connectivity index (χ4n) is 1.31. The van der Waals surface area contributed by atoms with E-state index in [9.17, 15) is 13.4 Å². The molecular formula is C11H13BrFNO2S. The first-order chi connectivity index (χ1) is 7.95. The van der Waals surface area contributed by atoms with E-state index < -0.39 is 16.8 Å². The van der Waals surface area contributed by atoms with Gasteiger partial charge in [0.2, 0.25) is 0 Å². The van der Waals surface area contributed by atoms with E-state index in [1.807, 2.05) is 0 Å². The Morgan fingerprint density at radius 1 is 1.53 bits per heavy atom. The quantitative estimate of drug-likeness (QED) is 0.613. The molecule has 17 heavy (non-hydrogen) atoms. The van der Waals surface area contributed by atoms with Crippen molar-refractivity contribution in [1.82, 2.24) is 4.31 Å². The average molecular weight is 322 g/mol. The van der Waals surface area contributed by atoms with Gasteiger partial charge in [-0.25, -0.2) is 12.9 Å². The van der Waals surface area contributed by atoms with Gasteiger partial charge in [0.05, 0.1) is 9.72 Å². The smallest absolute Gasteiger partial charge is 0.133 e. The Hall–Kier alpha value is -0.590. The van der Waals surface area contributed by atoms with Crippen molar-refractivity contribution < 1.29 is 13.4 Å². The summed E-state index contributed by atoms with van der Waals surface area (Å²) < 4.78 is 26.6. The molecule has 1 rings (SSSR count). The third kappa shape index (κ3) is 3.97. The number of alkyl halides is 1. The highest BCUT2D eigenvalue weighted by Crippen LogP contribution is 2.20. The molecule has 0 aliphatic heterocycles. The molecule has 0 aliphatic rings. The zero-order valence-corrected chi connectivity index (χ0v) is 11.9. The number of halogens is 2. The molecule has 0 spiro atoms. The molecule has 1 aromatic rings. The van der Waals surface area contributed by atoms with Crippen LogP contribution < -0.4 is 0 Å². The Balaban J connectivity index is 3.12. The van der Waals surface area contributed by atoms with Crippen LogP contribution in [-0.4, -0.2) is 33.7 Å². The molecule has 0 fully saturated rings. The maximum absolute atomic E-state index is 13.2. The Bertz CT molecular complexity index is 439. The zero-order valence-electron chi connectivity index (χ0n) is 9.52. The maximum Gasteiger partial charge on any atom is 0.133 e. The fourth-order valence-corrected chi connectivity index (χ4v) is 2.65. The van der Waals surface area contributed by atoms with Crippen molar-refractivity contribution in [2.45, 2.75) is 16.1 Å². The minimum atomic E-state index is -1.42. The summed E-state index contributed by atoms with van der Waals surface area (Å²) in [6, 6.07) is 4.11. The van der Waals surface area contributed by atoms with E-state index in [2.05, 4.69) is 15.9 Å². The fraction of sp³-hybridized carbons (Fsp3) is 0.364. The van der Waals surface area contributed by atoms with Gasteiger partial charge in [-0.2, -0.15) is 0 Å². The van der Waals surface area contributed by atoms with Gasteiger partial charge in [0, 0.05) is 0 Å². The molecule has 0 aliphatic carbocycles.